The van der Waals surface area contributed by atoms with E-state index in [1.54, 1.807) is 21.0 Å². The summed E-state index contributed by atoms with van der Waals surface area (Å²) in [5.41, 5.74) is 0.168. The molecule has 4 aliphatic rings. The highest BCUT2D eigenvalue weighted by molar-refractivity contribution is 5.76. The first-order valence-electron chi connectivity index (χ1n) is 6.41. The smallest absolute Gasteiger partial charge is 0.213 e. The van der Waals surface area contributed by atoms with E-state index in [0.717, 1.165) is 5.76 Å². The topological polar surface area (TPSA) is 38.8 Å². The van der Waals surface area contributed by atoms with Gasteiger partial charge in [0.15, 0.2) is 0 Å². The van der Waals surface area contributed by atoms with Crippen molar-refractivity contribution in [3.63, 3.8) is 0 Å². The first kappa shape index (κ1) is 9.82. The largest absolute Gasteiger partial charge is 0.463 e. The van der Waals surface area contributed by atoms with Gasteiger partial charge in [-0.15, -0.1) is 0 Å². The van der Waals surface area contributed by atoms with Gasteiger partial charge in [0.1, 0.15) is 25.4 Å². The van der Waals surface area contributed by atoms with Crippen molar-refractivity contribution >= 4 is 6.21 Å². The van der Waals surface area contributed by atoms with Gasteiger partial charge in [-0.1, -0.05) is 0 Å². The molecule has 5 nitrogen and oxygen atoms in total. The highest BCUT2D eigenvalue weighted by atomic mass is 16.3. The van der Waals surface area contributed by atoms with Crippen molar-refractivity contribution in [2.75, 3.05) is 39.6 Å². The molecule has 4 fully saturated rings. The molecule has 5 heterocycles. The van der Waals surface area contributed by atoms with E-state index in [1.807, 2.05) is 18.3 Å². The summed E-state index contributed by atoms with van der Waals surface area (Å²) in [6.45, 7) is 7.50. The fraction of sp³-hybridized carbons (Fsp3) is 0.583. The minimum absolute atomic E-state index is 0.168. The zero-order chi connectivity index (χ0) is 11.3. The molecule has 5 rings (SSSR count). The maximum atomic E-state index is 5.33. The summed E-state index contributed by atoms with van der Waals surface area (Å²) in [5, 5.41) is 0. The third-order valence-corrected chi connectivity index (χ3v) is 4.25. The van der Waals surface area contributed by atoms with Crippen LogP contribution in [-0.2, 0) is 0 Å². The van der Waals surface area contributed by atoms with Gasteiger partial charge in [0.05, 0.1) is 12.5 Å². The second-order valence-electron chi connectivity index (χ2n) is 5.81. The van der Waals surface area contributed by atoms with Crippen molar-refractivity contribution in [3.8, 4) is 0 Å². The molecule has 1 aromatic heterocycles. The maximum absolute atomic E-state index is 5.33. The van der Waals surface area contributed by atoms with Gasteiger partial charge in [0, 0.05) is 0 Å². The number of aliphatic imine (C=N–C) groups is 1. The molecule has 17 heavy (non-hydrogen) atoms. The van der Waals surface area contributed by atoms with Gasteiger partial charge in [-0.05, 0) is 12.1 Å². The fourth-order valence-electron chi connectivity index (χ4n) is 3.91. The standard InChI is InChI=1S/C12H16N4O/c1-2-11(17-3-1)4-13-12-5-14-8-15(6-12)10-16(7-12)9-14/h1-4H,5-10H2/p+3. The monoisotopic (exact) mass is 235 g/mol. The molecule has 4 aliphatic heterocycles. The Morgan fingerprint density at radius 1 is 1.12 bits per heavy atom. The molecule has 0 unspecified atom stereocenters. The summed E-state index contributed by atoms with van der Waals surface area (Å²) in [4.78, 5) is 10.0. The second kappa shape index (κ2) is 3.41. The van der Waals surface area contributed by atoms with Crippen molar-refractivity contribution in [2.45, 2.75) is 5.54 Å². The van der Waals surface area contributed by atoms with Crippen LogP contribution in [0.15, 0.2) is 27.8 Å². The molecule has 1 aromatic rings. The van der Waals surface area contributed by atoms with E-state index < -0.39 is 0 Å². The Balaban J connectivity index is 1.60. The summed E-state index contributed by atoms with van der Waals surface area (Å²) in [6.07, 6.45) is 3.63. The lowest BCUT2D eigenvalue weighted by atomic mass is 9.92. The number of hydrogen-bond acceptors (Lipinski definition) is 2. The minimum Gasteiger partial charge on any atom is -0.463 e. The number of hydrogen-bond donors (Lipinski definition) is 3. The van der Waals surface area contributed by atoms with Crippen molar-refractivity contribution in [3.05, 3.63) is 24.2 Å². The average molecular weight is 235 g/mol. The number of rotatable bonds is 2. The predicted molar refractivity (Wildman–Crippen MR) is 61.1 cm³/mol. The van der Waals surface area contributed by atoms with Crippen LogP contribution in [0, 0.1) is 0 Å². The molecule has 4 saturated heterocycles. The van der Waals surface area contributed by atoms with Crippen LogP contribution in [0.2, 0.25) is 0 Å². The summed E-state index contributed by atoms with van der Waals surface area (Å²) < 4.78 is 5.33. The molecule has 0 aromatic carbocycles. The van der Waals surface area contributed by atoms with Crippen LogP contribution >= 0.6 is 0 Å². The average Bonchev–Trinajstić information content (AvgIpc) is 2.77. The van der Waals surface area contributed by atoms with Crippen LogP contribution in [0.4, 0.5) is 0 Å². The van der Waals surface area contributed by atoms with Gasteiger partial charge in [-0.25, -0.2) is 14.7 Å². The Labute approximate surface area is 100 Å². The van der Waals surface area contributed by atoms with Gasteiger partial charge < -0.3 is 4.42 Å². The van der Waals surface area contributed by atoms with Crippen LogP contribution in [0.3, 0.4) is 0 Å². The van der Waals surface area contributed by atoms with E-state index in [4.69, 9.17) is 9.41 Å². The lowest BCUT2D eigenvalue weighted by Crippen LogP contribution is -3.56. The molecule has 0 spiro atoms. The van der Waals surface area contributed by atoms with E-state index in [1.165, 1.54) is 39.6 Å². The normalized spacial score (nSPS) is 43.6. The first-order chi connectivity index (χ1) is 8.31. The van der Waals surface area contributed by atoms with Crippen LogP contribution in [0.5, 0.6) is 0 Å². The van der Waals surface area contributed by atoms with Crippen molar-refractivity contribution in [1.29, 1.82) is 0 Å². The summed E-state index contributed by atoms with van der Waals surface area (Å²) >= 11 is 0. The lowest BCUT2D eigenvalue weighted by Gasteiger charge is -2.50. The van der Waals surface area contributed by atoms with Crippen LogP contribution < -0.4 is 14.7 Å². The number of nitrogens with one attached hydrogen (secondary N) is 3. The first-order valence-corrected chi connectivity index (χ1v) is 6.41. The lowest BCUT2D eigenvalue weighted by molar-refractivity contribution is -1.29. The number of quaternary nitrogens is 3. The quantitative estimate of drug-likeness (QED) is 0.449. The zero-order valence-electron chi connectivity index (χ0n) is 9.91. The molecule has 5 heteroatoms. The van der Waals surface area contributed by atoms with Crippen molar-refractivity contribution in [1.82, 2.24) is 0 Å². The Hall–Kier alpha value is -1.17. The third kappa shape index (κ3) is 1.62. The van der Waals surface area contributed by atoms with Crippen molar-refractivity contribution in [2.24, 2.45) is 4.99 Å². The molecule has 0 saturated carbocycles. The highest BCUT2D eigenvalue weighted by Crippen LogP contribution is 2.09. The molecule has 0 radical (unpaired) electrons. The Morgan fingerprint density at radius 3 is 2.29 bits per heavy atom. The van der Waals surface area contributed by atoms with E-state index in [-0.39, 0.29) is 5.54 Å². The number of furan rings is 1. The van der Waals surface area contributed by atoms with E-state index in [0.29, 0.717) is 0 Å². The van der Waals surface area contributed by atoms with Gasteiger partial charge in [0.2, 0.25) is 25.5 Å². The van der Waals surface area contributed by atoms with Crippen molar-refractivity contribution < 1.29 is 19.1 Å². The Bertz CT molecular complexity index is 404. The second-order valence-corrected chi connectivity index (χ2v) is 5.81. The molecule has 4 bridgehead atoms. The molecular formula is C12H19N4O+3. The Morgan fingerprint density at radius 2 is 1.76 bits per heavy atom. The van der Waals surface area contributed by atoms with E-state index in [2.05, 4.69) is 0 Å². The van der Waals surface area contributed by atoms with E-state index in [9.17, 15) is 0 Å². The van der Waals surface area contributed by atoms with Gasteiger partial charge in [0.25, 0.3) is 0 Å². The van der Waals surface area contributed by atoms with Gasteiger partial charge in [-0.3, -0.25) is 4.99 Å². The molecule has 3 N–H and O–H groups in total. The zero-order valence-corrected chi connectivity index (χ0v) is 9.91. The molecule has 0 amide bonds. The predicted octanol–water partition coefficient (Wildman–Crippen LogP) is -3.99. The molecule has 0 aliphatic carbocycles. The molecule has 0 atom stereocenters. The van der Waals surface area contributed by atoms with E-state index >= 15 is 0 Å². The molecule has 90 valence electrons. The summed E-state index contributed by atoms with van der Waals surface area (Å²) in [5.74, 6) is 0.876. The van der Waals surface area contributed by atoms with Crippen LogP contribution in [0.1, 0.15) is 5.76 Å². The third-order valence-electron chi connectivity index (χ3n) is 4.25. The van der Waals surface area contributed by atoms with Gasteiger partial charge in [-0.2, -0.15) is 0 Å². The Kier molecular flexibility index (Phi) is 1.97. The van der Waals surface area contributed by atoms with Crippen LogP contribution in [0.25, 0.3) is 0 Å². The summed E-state index contributed by atoms with van der Waals surface area (Å²) in [6, 6.07) is 3.89. The summed E-state index contributed by atoms with van der Waals surface area (Å²) in [7, 11) is 0. The maximum Gasteiger partial charge on any atom is 0.213 e. The highest BCUT2D eigenvalue weighted by Gasteiger charge is 2.57. The SMILES string of the molecule is C(=NC12C[NH+]3C[NH+](C[NH+](C3)C1)C2)c1ccco1. The van der Waals surface area contributed by atoms with Gasteiger partial charge >= 0.3 is 0 Å². The minimum atomic E-state index is 0.168. The molecular weight excluding hydrogens is 216 g/mol. The number of nitrogens with zero attached hydrogens (tertiary/aromatic N) is 1. The van der Waals surface area contributed by atoms with Crippen LogP contribution in [-0.4, -0.2) is 51.4 Å². The fourth-order valence-corrected chi connectivity index (χ4v) is 3.91.